The fraction of sp³-hybridized carbons (Fsp3) is 0.667. The van der Waals surface area contributed by atoms with Crippen molar-refractivity contribution in [1.29, 1.82) is 0 Å². The summed E-state index contributed by atoms with van der Waals surface area (Å²) < 4.78 is 5.13. The van der Waals surface area contributed by atoms with E-state index in [1.807, 2.05) is 24.3 Å². The molecule has 4 heteroatoms. The Hall–Kier alpha value is -1.55. The molecule has 25 heavy (non-hydrogen) atoms. The number of benzene rings is 1. The first-order valence-corrected chi connectivity index (χ1v) is 9.64. The minimum Gasteiger partial charge on any atom is -0.497 e. The third-order valence-corrected chi connectivity index (χ3v) is 6.69. The molecular formula is C21H29NO3. The second-order valence-corrected chi connectivity index (χ2v) is 8.69. The predicted octanol–water partition coefficient (Wildman–Crippen LogP) is 3.45. The summed E-state index contributed by atoms with van der Waals surface area (Å²) in [5.41, 5.74) is 1.06. The predicted molar refractivity (Wildman–Crippen MR) is 96.2 cm³/mol. The van der Waals surface area contributed by atoms with Gasteiger partial charge < -0.3 is 15.2 Å². The first-order chi connectivity index (χ1) is 12.0. The van der Waals surface area contributed by atoms with Crippen LogP contribution in [0.5, 0.6) is 5.75 Å². The topological polar surface area (TPSA) is 58.6 Å². The molecule has 0 spiro atoms. The van der Waals surface area contributed by atoms with Crippen LogP contribution in [0.25, 0.3) is 0 Å². The summed E-state index contributed by atoms with van der Waals surface area (Å²) in [6.07, 6.45) is 7.90. The van der Waals surface area contributed by atoms with Crippen molar-refractivity contribution in [3.8, 4) is 5.75 Å². The molecule has 0 aromatic heterocycles. The van der Waals surface area contributed by atoms with Gasteiger partial charge in [-0.25, -0.2) is 0 Å². The van der Waals surface area contributed by atoms with Gasteiger partial charge in [-0.05, 0) is 79.4 Å². The number of nitrogens with one attached hydrogen (secondary N) is 1. The van der Waals surface area contributed by atoms with Gasteiger partial charge in [0, 0.05) is 13.0 Å². The van der Waals surface area contributed by atoms with Gasteiger partial charge in [0.15, 0.2) is 0 Å². The number of aliphatic hydroxyl groups excluding tert-OH is 1. The zero-order chi connectivity index (χ0) is 17.4. The van der Waals surface area contributed by atoms with Crippen LogP contribution >= 0.6 is 0 Å². The van der Waals surface area contributed by atoms with Crippen molar-refractivity contribution < 1.29 is 14.6 Å². The zero-order valence-corrected chi connectivity index (χ0v) is 15.0. The van der Waals surface area contributed by atoms with E-state index in [9.17, 15) is 9.90 Å². The summed E-state index contributed by atoms with van der Waals surface area (Å²) in [4.78, 5) is 12.5. The van der Waals surface area contributed by atoms with E-state index in [4.69, 9.17) is 4.74 Å². The Labute approximate surface area is 150 Å². The van der Waals surface area contributed by atoms with Crippen LogP contribution in [0.15, 0.2) is 24.3 Å². The highest BCUT2D eigenvalue weighted by Gasteiger charge is 2.51. The van der Waals surface area contributed by atoms with Crippen LogP contribution < -0.4 is 10.1 Å². The fourth-order valence-corrected chi connectivity index (χ4v) is 6.06. The third kappa shape index (κ3) is 3.55. The fourth-order valence-electron chi connectivity index (χ4n) is 6.06. The molecule has 1 aromatic carbocycles. The molecule has 1 aromatic rings. The molecule has 4 fully saturated rings. The van der Waals surface area contributed by atoms with E-state index < -0.39 is 6.10 Å². The first-order valence-electron chi connectivity index (χ1n) is 9.64. The Morgan fingerprint density at radius 1 is 1.16 bits per heavy atom. The van der Waals surface area contributed by atoms with Crippen LogP contribution in [0.1, 0.15) is 56.6 Å². The van der Waals surface area contributed by atoms with Crippen molar-refractivity contribution >= 4 is 5.91 Å². The second kappa shape index (κ2) is 6.64. The molecule has 4 bridgehead atoms. The molecule has 2 N–H and O–H groups in total. The molecule has 5 rings (SSSR count). The van der Waals surface area contributed by atoms with E-state index in [2.05, 4.69) is 5.32 Å². The lowest BCUT2D eigenvalue weighted by Crippen LogP contribution is -2.48. The maximum atomic E-state index is 12.5. The van der Waals surface area contributed by atoms with Gasteiger partial charge in [0.1, 0.15) is 5.75 Å². The van der Waals surface area contributed by atoms with Crippen molar-refractivity contribution in [2.24, 2.45) is 23.2 Å². The number of hydrogen-bond donors (Lipinski definition) is 2. The van der Waals surface area contributed by atoms with Crippen LogP contribution in [0.3, 0.4) is 0 Å². The Balaban J connectivity index is 1.30. The average Bonchev–Trinajstić information content (AvgIpc) is 2.58. The molecular weight excluding hydrogens is 314 g/mol. The Morgan fingerprint density at radius 3 is 2.24 bits per heavy atom. The number of methoxy groups -OCH3 is 1. The third-order valence-electron chi connectivity index (χ3n) is 6.69. The molecule has 4 aliphatic carbocycles. The monoisotopic (exact) mass is 343 g/mol. The lowest BCUT2D eigenvalue weighted by Gasteiger charge is -2.56. The summed E-state index contributed by atoms with van der Waals surface area (Å²) >= 11 is 0. The van der Waals surface area contributed by atoms with Crippen molar-refractivity contribution in [2.45, 2.75) is 51.0 Å². The summed E-state index contributed by atoms with van der Waals surface area (Å²) in [6.45, 7) is 0.275. The van der Waals surface area contributed by atoms with E-state index >= 15 is 0 Å². The highest BCUT2D eigenvalue weighted by atomic mass is 16.5. The molecule has 4 aliphatic rings. The molecule has 1 atom stereocenters. The van der Waals surface area contributed by atoms with Gasteiger partial charge in [0.2, 0.25) is 5.91 Å². The summed E-state index contributed by atoms with van der Waals surface area (Å²) in [6, 6.07) is 7.34. The molecule has 0 unspecified atom stereocenters. The van der Waals surface area contributed by atoms with Crippen LogP contribution in [-0.2, 0) is 4.79 Å². The number of amides is 1. The van der Waals surface area contributed by atoms with Crippen molar-refractivity contribution in [2.75, 3.05) is 13.7 Å². The van der Waals surface area contributed by atoms with Crippen LogP contribution in [0.4, 0.5) is 0 Å². The van der Waals surface area contributed by atoms with Crippen molar-refractivity contribution in [3.05, 3.63) is 29.8 Å². The summed E-state index contributed by atoms with van der Waals surface area (Å²) in [5.74, 6) is 3.47. The van der Waals surface area contributed by atoms with E-state index in [0.29, 0.717) is 6.42 Å². The zero-order valence-electron chi connectivity index (χ0n) is 15.0. The number of rotatable bonds is 6. The lowest BCUT2D eigenvalue weighted by atomic mass is 9.49. The van der Waals surface area contributed by atoms with Gasteiger partial charge in [0.05, 0.1) is 13.2 Å². The van der Waals surface area contributed by atoms with E-state index in [1.165, 1.54) is 38.5 Å². The Bertz CT molecular complexity index is 589. The molecule has 0 aliphatic heterocycles. The number of hydrogen-bond acceptors (Lipinski definition) is 3. The normalized spacial score (nSPS) is 33.9. The van der Waals surface area contributed by atoms with E-state index in [0.717, 1.165) is 29.1 Å². The van der Waals surface area contributed by atoms with Crippen LogP contribution in [-0.4, -0.2) is 24.7 Å². The van der Waals surface area contributed by atoms with Crippen molar-refractivity contribution in [3.63, 3.8) is 0 Å². The quantitative estimate of drug-likeness (QED) is 0.832. The van der Waals surface area contributed by atoms with Gasteiger partial charge >= 0.3 is 0 Å². The smallest absolute Gasteiger partial charge is 0.220 e. The summed E-state index contributed by atoms with van der Waals surface area (Å²) in [7, 11) is 1.62. The van der Waals surface area contributed by atoms with Crippen molar-refractivity contribution in [1.82, 2.24) is 5.32 Å². The lowest BCUT2D eigenvalue weighted by molar-refractivity contribution is -0.129. The maximum Gasteiger partial charge on any atom is 0.220 e. The number of carbonyl (C=O) groups excluding carboxylic acids is 1. The van der Waals surface area contributed by atoms with Crippen LogP contribution in [0, 0.1) is 23.2 Å². The van der Waals surface area contributed by atoms with Gasteiger partial charge in [-0.15, -0.1) is 0 Å². The molecule has 0 radical (unpaired) electrons. The maximum absolute atomic E-state index is 12.5. The Kier molecular flexibility index (Phi) is 4.48. The van der Waals surface area contributed by atoms with E-state index in [-0.39, 0.29) is 17.9 Å². The number of ether oxygens (including phenoxy) is 1. The van der Waals surface area contributed by atoms with Gasteiger partial charge in [-0.2, -0.15) is 0 Å². The SMILES string of the molecule is COc1ccc([C@@H](O)CNC(=O)CC23CC4CC(CC(C4)C2)C3)cc1. The molecule has 1 amide bonds. The first kappa shape index (κ1) is 16.9. The molecule has 0 heterocycles. The van der Waals surface area contributed by atoms with Crippen LogP contribution in [0.2, 0.25) is 0 Å². The number of aliphatic hydroxyl groups is 1. The average molecular weight is 343 g/mol. The van der Waals surface area contributed by atoms with Gasteiger partial charge in [-0.1, -0.05) is 12.1 Å². The standard InChI is InChI=1S/C21H29NO3/c1-25-18-4-2-17(3-5-18)19(23)13-22-20(24)12-21-9-14-6-15(10-21)8-16(7-14)11-21/h2-5,14-16,19,23H,6-13H2,1H3,(H,22,24)/t14?,15?,16?,19-,21?/m0/s1. The minimum atomic E-state index is -0.675. The molecule has 136 valence electrons. The minimum absolute atomic E-state index is 0.106. The van der Waals surface area contributed by atoms with E-state index in [1.54, 1.807) is 7.11 Å². The largest absolute Gasteiger partial charge is 0.497 e. The molecule has 4 nitrogen and oxygen atoms in total. The summed E-state index contributed by atoms with van der Waals surface area (Å²) in [5, 5.41) is 13.3. The number of carbonyl (C=O) groups is 1. The molecule has 4 saturated carbocycles. The Morgan fingerprint density at radius 2 is 1.72 bits per heavy atom. The highest BCUT2D eigenvalue weighted by Crippen LogP contribution is 2.61. The highest BCUT2D eigenvalue weighted by molar-refractivity contribution is 5.76. The second-order valence-electron chi connectivity index (χ2n) is 8.69. The van der Waals surface area contributed by atoms with Gasteiger partial charge in [-0.3, -0.25) is 4.79 Å². The molecule has 0 saturated heterocycles. The van der Waals surface area contributed by atoms with Gasteiger partial charge in [0.25, 0.3) is 0 Å².